The van der Waals surface area contributed by atoms with Gasteiger partial charge >= 0.3 is 24.4 Å². The normalized spacial score (nSPS) is 20.2. The van der Waals surface area contributed by atoms with Crippen LogP contribution in [0.5, 0.6) is 23.0 Å². The molecule has 0 spiro atoms. The molecular formula is C96H152N4O16. The van der Waals surface area contributed by atoms with Gasteiger partial charge in [0.2, 0.25) is 0 Å². The van der Waals surface area contributed by atoms with Gasteiger partial charge in [0, 0.05) is 39.3 Å². The number of benzene rings is 4. The van der Waals surface area contributed by atoms with E-state index in [9.17, 15) is 29.4 Å². The lowest BCUT2D eigenvalue weighted by Gasteiger charge is -2.38. The predicted octanol–water partition coefficient (Wildman–Crippen LogP) is 21.0. The highest BCUT2D eigenvalue weighted by atomic mass is 16.6. The summed E-state index contributed by atoms with van der Waals surface area (Å²) < 4.78 is 55.8. The minimum atomic E-state index is -0.755. The Labute approximate surface area is 699 Å². The van der Waals surface area contributed by atoms with E-state index in [1.807, 2.05) is 204 Å². The summed E-state index contributed by atoms with van der Waals surface area (Å²) in [6.07, 6.45) is 13.0. The van der Waals surface area contributed by atoms with Crippen LogP contribution in [0.4, 0.5) is 19.2 Å². The third kappa shape index (κ3) is 35.3. The molecule has 4 aromatic rings. The maximum Gasteiger partial charge on any atom is 0.408 e. The Balaban J connectivity index is 0.000000383. The van der Waals surface area contributed by atoms with Crippen molar-refractivity contribution < 1.29 is 76.8 Å². The first-order valence-electron chi connectivity index (χ1n) is 41.3. The maximum atomic E-state index is 12.3. The van der Waals surface area contributed by atoms with Crippen LogP contribution in [0.2, 0.25) is 0 Å². The van der Waals surface area contributed by atoms with Crippen molar-refractivity contribution in [1.29, 1.82) is 0 Å². The molecule has 20 nitrogen and oxygen atoms in total. The molecule has 8 rings (SSSR count). The van der Waals surface area contributed by atoms with Gasteiger partial charge in [-0.1, -0.05) is 24.3 Å². The molecule has 0 bridgehead atoms. The second-order valence-electron chi connectivity index (χ2n) is 38.2. The molecule has 0 radical (unpaired) electrons. The molecule has 4 fully saturated rings. The Morgan fingerprint density at radius 1 is 0.414 bits per heavy atom. The zero-order valence-corrected chi connectivity index (χ0v) is 77.0. The molecule has 20 heteroatoms. The second kappa shape index (κ2) is 43.6. The Hall–Kier alpha value is -8.04. The highest BCUT2D eigenvalue weighted by Gasteiger charge is 2.55. The third-order valence-corrected chi connectivity index (χ3v) is 19.9. The van der Waals surface area contributed by atoms with Gasteiger partial charge < -0.3 is 78.8 Å². The lowest BCUT2D eigenvalue weighted by Crippen LogP contribution is -2.54. The second-order valence-corrected chi connectivity index (χ2v) is 38.2. The summed E-state index contributed by atoms with van der Waals surface area (Å²) in [7, 11) is 0. The van der Waals surface area contributed by atoms with Crippen molar-refractivity contribution in [3.63, 3.8) is 0 Å². The smallest absolute Gasteiger partial charge is 0.408 e. The fourth-order valence-electron chi connectivity index (χ4n) is 13.9. The molecule has 4 saturated heterocycles. The number of nitrogens with one attached hydrogen (secondary N) is 4. The minimum absolute atomic E-state index is 0.234. The molecule has 4 aliphatic heterocycles. The average molecular weight is 1620 g/mol. The first kappa shape index (κ1) is 102. The summed E-state index contributed by atoms with van der Waals surface area (Å²) in [6.45, 7) is 78.6. The number of hydrogen-bond acceptors (Lipinski definition) is 16. The van der Waals surface area contributed by atoms with Crippen LogP contribution in [-0.4, -0.2) is 141 Å². The van der Waals surface area contributed by atoms with Crippen LogP contribution >= 0.6 is 0 Å². The molecule has 4 amide bonds. The van der Waals surface area contributed by atoms with E-state index in [2.05, 4.69) is 99.5 Å². The highest BCUT2D eigenvalue weighted by Crippen LogP contribution is 2.42. The standard InChI is InChI=1S/2C23H37NO4.2C21H31NO3.2C4H8O/c2*1-10-11-20(25)19(24-21(26)28-23(7,8)9)14-18-15(2)12-17(13-16(18)3)27-22(4,5)6;2*1-9-10-21(8)20(7,22-18(23)25-21)13-17-14(2)11-16(12-15(17)3)24-19(4,5)6;2*1-2-4-5-3-1/h2*10,12-13,19-20,25H,1,11,14H2,2-9H3,(H,24,26);2*9,11-12H,1,10,13H2,2-8H3,(H,22,23);2*1-4H2/t19-,20+;19-,20-;20-,21+;20-,21-;;/m0000../s1. The third-order valence-electron chi connectivity index (χ3n) is 19.9. The fraction of sp³-hybridized carbons (Fsp3) is 0.625. The molecular weight excluding hydrogens is 1470 g/mol. The average Bonchev–Trinajstić information content (AvgIpc) is 1.60. The molecule has 652 valence electrons. The lowest BCUT2D eigenvalue weighted by molar-refractivity contribution is 0.0236. The van der Waals surface area contributed by atoms with Crippen molar-refractivity contribution in [2.24, 2.45) is 0 Å². The number of hydrogen-bond donors (Lipinski definition) is 6. The largest absolute Gasteiger partial charge is 0.488 e. The van der Waals surface area contributed by atoms with Crippen LogP contribution in [0.15, 0.2) is 99.2 Å². The van der Waals surface area contributed by atoms with Crippen LogP contribution in [0.1, 0.15) is 270 Å². The number of ether oxygens (including phenoxy) is 10. The van der Waals surface area contributed by atoms with E-state index >= 15 is 0 Å². The lowest BCUT2D eigenvalue weighted by atomic mass is 9.75. The first-order valence-corrected chi connectivity index (χ1v) is 41.3. The molecule has 8 atom stereocenters. The van der Waals surface area contributed by atoms with Gasteiger partial charge in [-0.25, -0.2) is 19.2 Å². The summed E-state index contributed by atoms with van der Waals surface area (Å²) in [5.41, 5.74) is 8.96. The zero-order chi connectivity index (χ0) is 88.6. The number of cyclic esters (lactones) is 2. The van der Waals surface area contributed by atoms with E-state index in [-0.39, 0.29) is 34.6 Å². The van der Waals surface area contributed by atoms with Crippen molar-refractivity contribution in [1.82, 2.24) is 21.3 Å². The van der Waals surface area contributed by atoms with Gasteiger partial charge in [0.15, 0.2) is 0 Å². The number of carbonyl (C=O) groups is 4. The van der Waals surface area contributed by atoms with Gasteiger partial charge in [0.1, 0.15) is 67.8 Å². The fourth-order valence-corrected chi connectivity index (χ4v) is 13.9. The summed E-state index contributed by atoms with van der Waals surface area (Å²) in [5.74, 6) is 3.37. The number of alkyl carbamates (subject to hydrolysis) is 4. The molecule has 4 aliphatic rings. The molecule has 4 heterocycles. The number of aliphatic hydroxyl groups is 2. The molecule has 6 N–H and O–H groups in total. The van der Waals surface area contributed by atoms with Gasteiger partial charge in [-0.05, 0) is 387 Å². The quantitative estimate of drug-likeness (QED) is 0.0282. The van der Waals surface area contributed by atoms with Crippen LogP contribution in [-0.2, 0) is 54.1 Å². The van der Waals surface area contributed by atoms with Gasteiger partial charge in [-0.2, -0.15) is 0 Å². The monoisotopic (exact) mass is 1620 g/mol. The Bertz CT molecular complexity index is 3530. The van der Waals surface area contributed by atoms with Gasteiger partial charge in [-0.3, -0.25) is 0 Å². The van der Waals surface area contributed by atoms with Crippen molar-refractivity contribution in [3.8, 4) is 23.0 Å². The van der Waals surface area contributed by atoms with Crippen molar-refractivity contribution >= 4 is 24.4 Å². The maximum absolute atomic E-state index is 12.3. The summed E-state index contributed by atoms with van der Waals surface area (Å²) >= 11 is 0. The van der Waals surface area contributed by atoms with Gasteiger partial charge in [-0.15, -0.1) is 26.3 Å². The topological polar surface area (TPSA) is 249 Å². The number of rotatable bonds is 24. The van der Waals surface area contributed by atoms with Gasteiger partial charge in [0.05, 0.1) is 35.4 Å². The predicted molar refractivity (Wildman–Crippen MR) is 471 cm³/mol. The summed E-state index contributed by atoms with van der Waals surface area (Å²) in [5, 5.41) is 32.8. The Morgan fingerprint density at radius 3 is 0.836 bits per heavy atom. The van der Waals surface area contributed by atoms with E-state index in [0.717, 1.165) is 105 Å². The minimum Gasteiger partial charge on any atom is -0.488 e. The molecule has 0 aliphatic carbocycles. The van der Waals surface area contributed by atoms with E-state index in [4.69, 9.17) is 47.4 Å². The van der Waals surface area contributed by atoms with E-state index in [1.54, 1.807) is 24.3 Å². The molecule has 0 saturated carbocycles. The Morgan fingerprint density at radius 2 is 0.647 bits per heavy atom. The van der Waals surface area contributed by atoms with Crippen molar-refractivity contribution in [2.75, 3.05) is 26.4 Å². The summed E-state index contributed by atoms with van der Waals surface area (Å²) in [4.78, 5) is 48.4. The van der Waals surface area contributed by atoms with Gasteiger partial charge in [0.25, 0.3) is 0 Å². The number of amides is 4. The molecule has 4 aromatic carbocycles. The first-order chi connectivity index (χ1) is 53.2. The van der Waals surface area contributed by atoms with E-state index < -0.39 is 70.0 Å². The SMILES string of the molecule is C1CCOC1.C1CCOC1.C=CC[C@@H](O)[C@H](Cc1c(C)cc(OC(C)(C)C)cc1C)NC(=O)OC(C)(C)C.C=CC[C@@]1(C)OC(=O)N[C@@]1(C)Cc1c(C)cc(OC(C)(C)C)cc1C.C=CC[C@H](O)[C@H](Cc1c(C)cc(OC(C)(C)C)cc1C)NC(=O)OC(C)(C)C.C=CC[C@]1(C)OC(=O)N[C@@]1(C)Cc1c(C)cc(OC(C)(C)C)cc1C. The molecule has 0 aromatic heterocycles. The van der Waals surface area contributed by atoms with Crippen LogP contribution in [0.25, 0.3) is 0 Å². The highest BCUT2D eigenvalue weighted by molar-refractivity contribution is 5.73. The van der Waals surface area contributed by atoms with Crippen LogP contribution in [0, 0.1) is 55.4 Å². The van der Waals surface area contributed by atoms with Crippen LogP contribution in [0.3, 0.4) is 0 Å². The van der Waals surface area contributed by atoms with E-state index in [1.165, 1.54) is 36.8 Å². The molecule has 116 heavy (non-hydrogen) atoms. The molecule has 0 unspecified atom stereocenters. The van der Waals surface area contributed by atoms with Crippen molar-refractivity contribution in [2.45, 2.75) is 365 Å². The van der Waals surface area contributed by atoms with E-state index in [0.29, 0.717) is 51.4 Å². The van der Waals surface area contributed by atoms with Crippen molar-refractivity contribution in [3.05, 3.63) is 166 Å². The number of aryl methyl sites for hydroxylation is 8. The number of carbonyl (C=O) groups excluding carboxylic acids is 4. The van der Waals surface area contributed by atoms with Crippen LogP contribution < -0.4 is 40.2 Å². The number of aliphatic hydroxyl groups excluding tert-OH is 2. The summed E-state index contributed by atoms with van der Waals surface area (Å²) in [6, 6.07) is 15.3. The zero-order valence-electron chi connectivity index (χ0n) is 77.0. The Kier molecular flexibility index (Phi) is 38.4.